The van der Waals surface area contributed by atoms with Crippen LogP contribution in [-0.2, 0) is 9.59 Å². The minimum atomic E-state index is -0.359. The van der Waals surface area contributed by atoms with Crippen molar-refractivity contribution in [1.82, 2.24) is 5.32 Å². The molecule has 0 aliphatic carbocycles. The van der Waals surface area contributed by atoms with Crippen molar-refractivity contribution < 1.29 is 9.59 Å². The zero-order valence-corrected chi connectivity index (χ0v) is 14.2. The van der Waals surface area contributed by atoms with Crippen molar-refractivity contribution in [2.45, 2.75) is 40.0 Å². The Hall–Kier alpha value is -1.88. The maximum Gasteiger partial charge on any atom is 0.231 e. The molecule has 1 aliphatic heterocycles. The summed E-state index contributed by atoms with van der Waals surface area (Å²) in [5.74, 6) is 0.386. The van der Waals surface area contributed by atoms with Crippen LogP contribution in [-0.4, -0.2) is 24.9 Å². The van der Waals surface area contributed by atoms with Crippen molar-refractivity contribution in [3.05, 3.63) is 24.3 Å². The van der Waals surface area contributed by atoms with Crippen molar-refractivity contribution in [2.24, 2.45) is 11.3 Å². The van der Waals surface area contributed by atoms with Crippen LogP contribution in [0.25, 0.3) is 0 Å². The van der Waals surface area contributed by atoms with Gasteiger partial charge in [0.2, 0.25) is 11.8 Å². The smallest absolute Gasteiger partial charge is 0.231 e. The Morgan fingerprint density at radius 2 is 1.78 bits per heavy atom. The summed E-state index contributed by atoms with van der Waals surface area (Å²) in [7, 11) is 0. The Bertz CT molecular complexity index is 546. The number of carbonyl (C=O) groups excluding carboxylic acids is 2. The zero-order chi connectivity index (χ0) is 16.9. The number of piperidine rings is 1. The standard InChI is InChI=1S/C18H27N3O2/c1-13(2)11-16(22)20-14-5-7-15(8-6-14)21-17(23)18(3)9-4-10-19-12-18/h5-8,13,19H,4,9-12H2,1-3H3,(H,20,22)(H,21,23). The number of hydrogen-bond acceptors (Lipinski definition) is 3. The van der Waals surface area contributed by atoms with E-state index in [2.05, 4.69) is 16.0 Å². The Balaban J connectivity index is 1.92. The van der Waals surface area contributed by atoms with Crippen LogP contribution in [0.2, 0.25) is 0 Å². The average molecular weight is 317 g/mol. The summed E-state index contributed by atoms with van der Waals surface area (Å²) in [5, 5.41) is 9.12. The summed E-state index contributed by atoms with van der Waals surface area (Å²) in [4.78, 5) is 24.2. The third-order valence-corrected chi connectivity index (χ3v) is 4.17. The highest BCUT2D eigenvalue weighted by atomic mass is 16.2. The highest BCUT2D eigenvalue weighted by Crippen LogP contribution is 2.27. The fraction of sp³-hybridized carbons (Fsp3) is 0.556. The molecule has 2 amide bonds. The minimum Gasteiger partial charge on any atom is -0.326 e. The van der Waals surface area contributed by atoms with Crippen molar-refractivity contribution in [2.75, 3.05) is 23.7 Å². The third-order valence-electron chi connectivity index (χ3n) is 4.17. The van der Waals surface area contributed by atoms with Gasteiger partial charge in [-0.15, -0.1) is 0 Å². The molecule has 0 aromatic heterocycles. The highest BCUT2D eigenvalue weighted by molar-refractivity contribution is 5.96. The molecule has 1 atom stereocenters. The van der Waals surface area contributed by atoms with Gasteiger partial charge in [0.15, 0.2) is 0 Å². The molecule has 5 heteroatoms. The first-order valence-electron chi connectivity index (χ1n) is 8.31. The van der Waals surface area contributed by atoms with Gasteiger partial charge in [-0.25, -0.2) is 0 Å². The van der Waals surface area contributed by atoms with Gasteiger partial charge in [-0.2, -0.15) is 0 Å². The van der Waals surface area contributed by atoms with Crippen LogP contribution in [0.4, 0.5) is 11.4 Å². The van der Waals surface area contributed by atoms with Crippen LogP contribution < -0.4 is 16.0 Å². The lowest BCUT2D eigenvalue weighted by Crippen LogP contribution is -2.46. The maximum atomic E-state index is 12.5. The normalized spacial score (nSPS) is 21.0. The molecule has 1 aromatic carbocycles. The van der Waals surface area contributed by atoms with Crippen molar-refractivity contribution in [3.8, 4) is 0 Å². The molecular weight excluding hydrogens is 290 g/mol. The SMILES string of the molecule is CC(C)CC(=O)Nc1ccc(NC(=O)C2(C)CCCNC2)cc1. The Kier molecular flexibility index (Phi) is 5.77. The van der Waals surface area contributed by atoms with E-state index in [9.17, 15) is 9.59 Å². The third kappa shape index (κ3) is 5.06. The van der Waals surface area contributed by atoms with Crippen LogP contribution in [0, 0.1) is 11.3 Å². The van der Waals surface area contributed by atoms with Gasteiger partial charge < -0.3 is 16.0 Å². The second-order valence-corrected chi connectivity index (χ2v) is 7.02. The zero-order valence-electron chi connectivity index (χ0n) is 14.2. The topological polar surface area (TPSA) is 70.2 Å². The maximum absolute atomic E-state index is 12.5. The van der Waals surface area contributed by atoms with E-state index < -0.39 is 0 Å². The summed E-state index contributed by atoms with van der Waals surface area (Å²) < 4.78 is 0. The Morgan fingerprint density at radius 1 is 1.17 bits per heavy atom. The van der Waals surface area contributed by atoms with Crippen LogP contribution >= 0.6 is 0 Å². The van der Waals surface area contributed by atoms with Gasteiger partial charge in [0.1, 0.15) is 0 Å². The molecule has 1 unspecified atom stereocenters. The van der Waals surface area contributed by atoms with E-state index in [1.807, 2.05) is 45.0 Å². The van der Waals surface area contributed by atoms with E-state index in [1.54, 1.807) is 0 Å². The number of nitrogens with one attached hydrogen (secondary N) is 3. The molecule has 126 valence electrons. The van der Waals surface area contributed by atoms with Crippen molar-refractivity contribution in [3.63, 3.8) is 0 Å². The first kappa shape index (κ1) is 17.5. The molecule has 1 aromatic rings. The lowest BCUT2D eigenvalue weighted by molar-refractivity contribution is -0.125. The number of amides is 2. The second kappa shape index (κ2) is 7.59. The summed E-state index contributed by atoms with van der Waals surface area (Å²) in [5.41, 5.74) is 1.14. The number of benzene rings is 1. The molecule has 23 heavy (non-hydrogen) atoms. The van der Waals surface area contributed by atoms with Gasteiger partial charge in [-0.05, 0) is 56.5 Å². The first-order valence-corrected chi connectivity index (χ1v) is 8.31. The Labute approximate surface area is 138 Å². The molecule has 0 bridgehead atoms. The summed E-state index contributed by atoms with van der Waals surface area (Å²) >= 11 is 0. The van der Waals surface area contributed by atoms with E-state index in [0.717, 1.165) is 30.8 Å². The molecule has 1 fully saturated rings. The van der Waals surface area contributed by atoms with E-state index in [-0.39, 0.29) is 17.2 Å². The largest absolute Gasteiger partial charge is 0.326 e. The van der Waals surface area contributed by atoms with Crippen molar-refractivity contribution >= 4 is 23.2 Å². The molecule has 3 N–H and O–H groups in total. The quantitative estimate of drug-likeness (QED) is 0.782. The molecule has 1 aliphatic rings. The molecule has 1 heterocycles. The van der Waals surface area contributed by atoms with Crippen LogP contribution in [0.1, 0.15) is 40.0 Å². The molecule has 0 saturated carbocycles. The van der Waals surface area contributed by atoms with Gasteiger partial charge >= 0.3 is 0 Å². The summed E-state index contributed by atoms with van der Waals surface area (Å²) in [6.07, 6.45) is 2.42. The predicted octanol–water partition coefficient (Wildman–Crippen LogP) is 3.00. The van der Waals surface area contributed by atoms with E-state index in [4.69, 9.17) is 0 Å². The van der Waals surface area contributed by atoms with Crippen LogP contribution in [0.15, 0.2) is 24.3 Å². The molecule has 0 radical (unpaired) electrons. The lowest BCUT2D eigenvalue weighted by atomic mass is 9.82. The Morgan fingerprint density at radius 3 is 2.30 bits per heavy atom. The van der Waals surface area contributed by atoms with Gasteiger partial charge in [0.25, 0.3) is 0 Å². The molecule has 0 spiro atoms. The van der Waals surface area contributed by atoms with Crippen LogP contribution in [0.3, 0.4) is 0 Å². The van der Waals surface area contributed by atoms with Gasteiger partial charge in [-0.3, -0.25) is 9.59 Å². The van der Waals surface area contributed by atoms with Crippen molar-refractivity contribution in [1.29, 1.82) is 0 Å². The molecule has 2 rings (SSSR count). The monoisotopic (exact) mass is 317 g/mol. The highest BCUT2D eigenvalue weighted by Gasteiger charge is 2.34. The van der Waals surface area contributed by atoms with E-state index in [0.29, 0.717) is 18.9 Å². The fourth-order valence-electron chi connectivity index (χ4n) is 2.75. The predicted molar refractivity (Wildman–Crippen MR) is 93.4 cm³/mol. The van der Waals surface area contributed by atoms with E-state index in [1.165, 1.54) is 0 Å². The van der Waals surface area contributed by atoms with Gasteiger partial charge in [0, 0.05) is 24.3 Å². The molecule has 5 nitrogen and oxygen atoms in total. The summed E-state index contributed by atoms with van der Waals surface area (Å²) in [6.45, 7) is 7.71. The molecule has 1 saturated heterocycles. The van der Waals surface area contributed by atoms with Gasteiger partial charge in [-0.1, -0.05) is 13.8 Å². The summed E-state index contributed by atoms with van der Waals surface area (Å²) in [6, 6.07) is 7.27. The van der Waals surface area contributed by atoms with Crippen LogP contribution in [0.5, 0.6) is 0 Å². The average Bonchev–Trinajstić information content (AvgIpc) is 2.49. The van der Waals surface area contributed by atoms with Gasteiger partial charge in [0.05, 0.1) is 5.41 Å². The lowest BCUT2D eigenvalue weighted by Gasteiger charge is -2.32. The molecular formula is C18H27N3O2. The first-order chi connectivity index (χ1) is 10.9. The number of hydrogen-bond donors (Lipinski definition) is 3. The number of anilines is 2. The number of rotatable bonds is 5. The fourth-order valence-corrected chi connectivity index (χ4v) is 2.75. The number of carbonyl (C=O) groups is 2. The van der Waals surface area contributed by atoms with E-state index >= 15 is 0 Å². The second-order valence-electron chi connectivity index (χ2n) is 7.02. The minimum absolute atomic E-state index is 0.0116.